The maximum atomic E-state index is 13.4. The predicted molar refractivity (Wildman–Crippen MR) is 143 cm³/mol. The van der Waals surface area contributed by atoms with Gasteiger partial charge in [0, 0.05) is 28.6 Å². The van der Waals surface area contributed by atoms with Crippen molar-refractivity contribution in [2.24, 2.45) is 11.7 Å². The van der Waals surface area contributed by atoms with E-state index >= 15 is 0 Å². The Kier molecular flexibility index (Phi) is 8.06. The molecule has 0 radical (unpaired) electrons. The Bertz CT molecular complexity index is 1480. The lowest BCUT2D eigenvalue weighted by Gasteiger charge is -2.14. The summed E-state index contributed by atoms with van der Waals surface area (Å²) in [6, 6.07) is 15.4. The molecule has 0 fully saturated rings. The normalized spacial score (nSPS) is 10.9. The lowest BCUT2D eigenvalue weighted by Crippen LogP contribution is -2.32. The van der Waals surface area contributed by atoms with Crippen LogP contribution in [-0.2, 0) is 0 Å². The number of hydrogen-bond acceptors (Lipinski definition) is 5. The molecule has 0 aliphatic rings. The molecule has 4 aromatic rings. The molecule has 1 aromatic heterocycles. The number of ether oxygens (including phenoxy) is 1. The van der Waals surface area contributed by atoms with Crippen molar-refractivity contribution in [3.63, 3.8) is 0 Å². The van der Waals surface area contributed by atoms with Gasteiger partial charge < -0.3 is 25.5 Å². The molecule has 0 unspecified atom stereocenters. The maximum Gasteiger partial charge on any atom is 0.312 e. The van der Waals surface area contributed by atoms with Crippen LogP contribution in [-0.4, -0.2) is 37.9 Å². The fourth-order valence-corrected chi connectivity index (χ4v) is 3.97. The number of carbonyl (C=O) groups excluding carboxylic acids is 3. The van der Waals surface area contributed by atoms with E-state index in [4.69, 9.17) is 14.9 Å². The molecule has 9 heteroatoms. The van der Waals surface area contributed by atoms with Crippen LogP contribution in [0.25, 0.3) is 33.4 Å². The second-order valence-corrected chi connectivity index (χ2v) is 9.13. The summed E-state index contributed by atoms with van der Waals surface area (Å²) >= 11 is 0. The van der Waals surface area contributed by atoms with Crippen molar-refractivity contribution in [2.45, 2.75) is 13.8 Å². The van der Waals surface area contributed by atoms with Gasteiger partial charge in [-0.25, -0.2) is 9.18 Å². The van der Waals surface area contributed by atoms with Crippen molar-refractivity contribution in [1.29, 1.82) is 0 Å². The summed E-state index contributed by atoms with van der Waals surface area (Å²) < 4.78 is 25.3. The second kappa shape index (κ2) is 11.6. The number of aldehydes is 1. The predicted octanol–water partition coefficient (Wildman–Crippen LogP) is 5.15. The van der Waals surface area contributed by atoms with Gasteiger partial charge in [-0.15, -0.1) is 0 Å². The highest BCUT2D eigenvalue weighted by Crippen LogP contribution is 2.38. The summed E-state index contributed by atoms with van der Waals surface area (Å²) in [5, 5.41) is 5.94. The van der Waals surface area contributed by atoms with E-state index in [1.807, 2.05) is 13.8 Å². The molecule has 0 atom stereocenters. The molecule has 1 heterocycles. The smallest absolute Gasteiger partial charge is 0.312 e. The Morgan fingerprint density at radius 2 is 1.76 bits per heavy atom. The molecule has 8 nitrogen and oxygen atoms in total. The number of primary amides is 1. The maximum absolute atomic E-state index is 13.4. The number of rotatable bonds is 10. The summed E-state index contributed by atoms with van der Waals surface area (Å²) in [5.74, 6) is 0.488. The van der Waals surface area contributed by atoms with Crippen molar-refractivity contribution in [3.05, 3.63) is 77.6 Å². The Labute approximate surface area is 219 Å². The minimum atomic E-state index is -0.658. The number of carbonyl (C=O) groups is 3. The monoisotopic (exact) mass is 517 g/mol. The van der Waals surface area contributed by atoms with Crippen molar-refractivity contribution in [3.8, 4) is 28.2 Å². The third-order valence-corrected chi connectivity index (χ3v) is 5.83. The van der Waals surface area contributed by atoms with Crippen LogP contribution in [0.5, 0.6) is 5.75 Å². The van der Waals surface area contributed by atoms with Crippen LogP contribution in [0.2, 0.25) is 0 Å². The summed E-state index contributed by atoms with van der Waals surface area (Å²) in [4.78, 5) is 35.9. The molecule has 0 spiro atoms. The number of nitrogens with one attached hydrogen (secondary N) is 2. The van der Waals surface area contributed by atoms with Crippen LogP contribution < -0.4 is 21.1 Å². The van der Waals surface area contributed by atoms with Crippen LogP contribution in [0.1, 0.15) is 34.6 Å². The van der Waals surface area contributed by atoms with E-state index in [1.54, 1.807) is 48.5 Å². The summed E-state index contributed by atoms with van der Waals surface area (Å²) in [6.45, 7) is 4.89. The van der Waals surface area contributed by atoms with E-state index in [2.05, 4.69) is 10.6 Å². The zero-order chi connectivity index (χ0) is 27.2. The molecule has 4 rings (SSSR count). The largest absolute Gasteiger partial charge is 0.491 e. The molecule has 0 saturated carbocycles. The van der Waals surface area contributed by atoms with Gasteiger partial charge in [0.1, 0.15) is 29.5 Å². The van der Waals surface area contributed by atoms with Gasteiger partial charge in [0.05, 0.1) is 12.1 Å². The first-order valence-electron chi connectivity index (χ1n) is 12.1. The number of benzene rings is 3. The first kappa shape index (κ1) is 26.4. The Morgan fingerprint density at radius 3 is 2.45 bits per heavy atom. The zero-order valence-electron chi connectivity index (χ0n) is 21.0. The van der Waals surface area contributed by atoms with Crippen LogP contribution in [0.4, 0.5) is 9.18 Å². The molecule has 38 heavy (non-hydrogen) atoms. The molecule has 196 valence electrons. The van der Waals surface area contributed by atoms with Gasteiger partial charge in [-0.2, -0.15) is 0 Å². The summed E-state index contributed by atoms with van der Waals surface area (Å²) in [5.41, 5.74) is 8.24. The Balaban J connectivity index is 1.76. The standard InChI is InChI=1S/C29H28FN3O5/c1-17(2)15-33-28(35)20-6-9-25(37-12-11-32-29(31)36)22(14-20)19-5-10-26-23(13-19)24(16-34)27(38-26)18-3-7-21(30)8-4-18/h3-10,13-14,16-17H,11-12,15H2,1-2H3,(H,33,35)(H3,31,32,36). The number of fused-ring (bicyclic) bond motifs is 1. The minimum absolute atomic E-state index is 0.150. The molecule has 0 aliphatic heterocycles. The molecular weight excluding hydrogens is 489 g/mol. The first-order chi connectivity index (χ1) is 18.3. The molecule has 3 amide bonds. The highest BCUT2D eigenvalue weighted by molar-refractivity contribution is 6.04. The lowest BCUT2D eigenvalue weighted by molar-refractivity contribution is 0.0948. The van der Waals surface area contributed by atoms with Crippen LogP contribution in [0, 0.1) is 11.7 Å². The third-order valence-electron chi connectivity index (χ3n) is 5.83. The van der Waals surface area contributed by atoms with Gasteiger partial charge in [0.2, 0.25) is 0 Å². The molecular formula is C29H28FN3O5. The minimum Gasteiger partial charge on any atom is -0.491 e. The van der Waals surface area contributed by atoms with E-state index in [0.29, 0.717) is 69.0 Å². The van der Waals surface area contributed by atoms with E-state index in [9.17, 15) is 18.8 Å². The van der Waals surface area contributed by atoms with Crippen LogP contribution in [0.3, 0.4) is 0 Å². The Morgan fingerprint density at radius 1 is 1.03 bits per heavy atom. The number of amides is 3. The number of urea groups is 1. The van der Waals surface area contributed by atoms with E-state index in [-0.39, 0.29) is 19.1 Å². The van der Waals surface area contributed by atoms with Crippen LogP contribution >= 0.6 is 0 Å². The fourth-order valence-electron chi connectivity index (χ4n) is 3.97. The number of nitrogens with two attached hydrogens (primary N) is 1. The fraction of sp³-hybridized carbons (Fsp3) is 0.207. The lowest BCUT2D eigenvalue weighted by atomic mass is 9.98. The topological polar surface area (TPSA) is 124 Å². The van der Waals surface area contributed by atoms with E-state index < -0.39 is 11.8 Å². The van der Waals surface area contributed by atoms with Gasteiger partial charge in [0.25, 0.3) is 5.91 Å². The van der Waals surface area contributed by atoms with Gasteiger partial charge in [0.15, 0.2) is 6.29 Å². The molecule has 0 bridgehead atoms. The Hall–Kier alpha value is -4.66. The zero-order valence-corrected chi connectivity index (χ0v) is 21.0. The van der Waals surface area contributed by atoms with Gasteiger partial charge >= 0.3 is 6.03 Å². The quantitative estimate of drug-likeness (QED) is 0.198. The van der Waals surface area contributed by atoms with E-state index in [0.717, 1.165) is 0 Å². The van der Waals surface area contributed by atoms with Crippen molar-refractivity contribution >= 4 is 29.2 Å². The van der Waals surface area contributed by atoms with Crippen molar-refractivity contribution in [2.75, 3.05) is 19.7 Å². The van der Waals surface area contributed by atoms with Gasteiger partial charge in [-0.05, 0) is 66.1 Å². The van der Waals surface area contributed by atoms with Crippen molar-refractivity contribution < 1.29 is 27.9 Å². The highest BCUT2D eigenvalue weighted by atomic mass is 19.1. The first-order valence-corrected chi connectivity index (χ1v) is 12.1. The molecule has 4 N–H and O–H groups in total. The number of furan rings is 1. The van der Waals surface area contributed by atoms with E-state index in [1.165, 1.54) is 12.1 Å². The van der Waals surface area contributed by atoms with Gasteiger partial charge in [-0.1, -0.05) is 19.9 Å². The summed E-state index contributed by atoms with van der Waals surface area (Å²) in [6.07, 6.45) is 0.705. The van der Waals surface area contributed by atoms with Crippen LogP contribution in [0.15, 0.2) is 65.1 Å². The van der Waals surface area contributed by atoms with Crippen molar-refractivity contribution in [1.82, 2.24) is 10.6 Å². The van der Waals surface area contributed by atoms with Gasteiger partial charge in [-0.3, -0.25) is 9.59 Å². The SMILES string of the molecule is CC(C)CNC(=O)c1ccc(OCCNC(N)=O)c(-c2ccc3oc(-c4ccc(F)cc4)c(C=O)c3c2)c1. The number of halogens is 1. The molecule has 0 aliphatic carbocycles. The number of hydrogen-bond donors (Lipinski definition) is 3. The summed E-state index contributed by atoms with van der Waals surface area (Å²) in [7, 11) is 0. The third kappa shape index (κ3) is 6.00. The molecule has 3 aromatic carbocycles. The highest BCUT2D eigenvalue weighted by Gasteiger charge is 2.18. The average molecular weight is 518 g/mol. The average Bonchev–Trinajstić information content (AvgIpc) is 3.27. The molecule has 0 saturated heterocycles. The second-order valence-electron chi connectivity index (χ2n) is 9.13.